The molecule has 0 aromatic carbocycles. The van der Waals surface area contributed by atoms with E-state index in [1.165, 1.54) is 5.01 Å². The molecule has 0 N–H and O–H groups in total. The van der Waals surface area contributed by atoms with Gasteiger partial charge in [0.05, 0.1) is 6.54 Å². The standard InChI is InChI=1S/C19H24N4OS/c1-15-13-25-17(21-15)12-22-8-4-19(5-9-22)10-18(24)23(14-19)11-16-2-6-20-7-3-16/h2-3,6-7,13H,4-5,8-12,14H2,1H3. The van der Waals surface area contributed by atoms with Gasteiger partial charge in [-0.3, -0.25) is 14.7 Å². The van der Waals surface area contributed by atoms with Crippen molar-refractivity contribution >= 4 is 17.2 Å². The van der Waals surface area contributed by atoms with E-state index in [2.05, 4.69) is 20.2 Å². The maximum absolute atomic E-state index is 12.5. The van der Waals surface area contributed by atoms with E-state index in [9.17, 15) is 4.79 Å². The first kappa shape index (κ1) is 16.7. The van der Waals surface area contributed by atoms with Gasteiger partial charge in [-0.25, -0.2) is 4.98 Å². The van der Waals surface area contributed by atoms with Crippen LogP contribution in [0.4, 0.5) is 0 Å². The van der Waals surface area contributed by atoms with Crippen LogP contribution in [0.15, 0.2) is 29.9 Å². The van der Waals surface area contributed by atoms with Crippen LogP contribution in [0.25, 0.3) is 0 Å². The third kappa shape index (κ3) is 3.75. The number of pyridine rings is 1. The van der Waals surface area contributed by atoms with Crippen LogP contribution in [0.2, 0.25) is 0 Å². The SMILES string of the molecule is Cc1csc(CN2CCC3(CC2)CC(=O)N(Cc2ccncc2)C3)n1. The monoisotopic (exact) mass is 356 g/mol. The molecule has 25 heavy (non-hydrogen) atoms. The van der Waals surface area contributed by atoms with Crippen molar-refractivity contribution in [1.29, 1.82) is 0 Å². The summed E-state index contributed by atoms with van der Waals surface area (Å²) in [6.45, 7) is 6.74. The first-order chi connectivity index (χ1) is 12.1. The zero-order valence-corrected chi connectivity index (χ0v) is 15.5. The predicted molar refractivity (Wildman–Crippen MR) is 98.1 cm³/mol. The minimum absolute atomic E-state index is 0.180. The van der Waals surface area contributed by atoms with Gasteiger partial charge >= 0.3 is 0 Å². The fourth-order valence-corrected chi connectivity index (χ4v) is 4.83. The molecule has 0 radical (unpaired) electrons. The zero-order valence-electron chi connectivity index (χ0n) is 14.6. The molecule has 2 aromatic heterocycles. The maximum Gasteiger partial charge on any atom is 0.223 e. The molecule has 2 fully saturated rings. The highest BCUT2D eigenvalue weighted by atomic mass is 32.1. The van der Waals surface area contributed by atoms with Crippen LogP contribution in [-0.4, -0.2) is 45.3 Å². The Balaban J connectivity index is 1.34. The molecular weight excluding hydrogens is 332 g/mol. The Labute approximate surface area is 152 Å². The molecule has 2 aromatic rings. The second kappa shape index (κ2) is 6.84. The fourth-order valence-electron chi connectivity index (χ4n) is 4.02. The first-order valence-corrected chi connectivity index (χ1v) is 9.80. The summed E-state index contributed by atoms with van der Waals surface area (Å²) < 4.78 is 0. The van der Waals surface area contributed by atoms with Gasteiger partial charge in [0.2, 0.25) is 5.91 Å². The number of hydrogen-bond acceptors (Lipinski definition) is 5. The molecule has 6 heteroatoms. The van der Waals surface area contributed by atoms with Gasteiger partial charge < -0.3 is 4.90 Å². The quantitative estimate of drug-likeness (QED) is 0.845. The minimum atomic E-state index is 0.180. The lowest BCUT2D eigenvalue weighted by Gasteiger charge is -2.38. The second-order valence-corrected chi connectivity index (χ2v) is 8.38. The molecule has 0 aliphatic carbocycles. The van der Waals surface area contributed by atoms with Crippen LogP contribution in [0.5, 0.6) is 0 Å². The number of likely N-dealkylation sites (tertiary alicyclic amines) is 2. The van der Waals surface area contributed by atoms with E-state index in [0.717, 1.165) is 50.3 Å². The first-order valence-electron chi connectivity index (χ1n) is 8.92. The molecule has 4 heterocycles. The number of carbonyl (C=O) groups excluding carboxylic acids is 1. The molecule has 2 aliphatic heterocycles. The molecule has 0 atom stereocenters. The predicted octanol–water partition coefficient (Wildman–Crippen LogP) is 2.86. The van der Waals surface area contributed by atoms with Crippen molar-refractivity contribution < 1.29 is 4.79 Å². The van der Waals surface area contributed by atoms with Crippen molar-refractivity contribution in [2.75, 3.05) is 19.6 Å². The zero-order chi connectivity index (χ0) is 17.3. The van der Waals surface area contributed by atoms with Crippen LogP contribution in [0, 0.1) is 12.3 Å². The second-order valence-electron chi connectivity index (χ2n) is 7.44. The van der Waals surface area contributed by atoms with E-state index in [1.807, 2.05) is 24.0 Å². The van der Waals surface area contributed by atoms with E-state index in [4.69, 9.17) is 0 Å². The molecular formula is C19H24N4OS. The number of hydrogen-bond donors (Lipinski definition) is 0. The van der Waals surface area contributed by atoms with Gasteiger partial charge in [0.1, 0.15) is 5.01 Å². The average Bonchev–Trinajstić information content (AvgIpc) is 3.15. The summed E-state index contributed by atoms with van der Waals surface area (Å²) in [5.74, 6) is 0.306. The van der Waals surface area contributed by atoms with Crippen molar-refractivity contribution in [3.63, 3.8) is 0 Å². The third-order valence-corrected chi connectivity index (χ3v) is 6.42. The largest absolute Gasteiger partial charge is 0.338 e. The summed E-state index contributed by atoms with van der Waals surface area (Å²) in [5.41, 5.74) is 2.46. The van der Waals surface area contributed by atoms with Crippen molar-refractivity contribution in [3.8, 4) is 0 Å². The molecule has 1 amide bonds. The van der Waals surface area contributed by atoms with Gasteiger partial charge in [-0.1, -0.05) is 0 Å². The Hall–Kier alpha value is -1.79. The van der Waals surface area contributed by atoms with E-state index < -0.39 is 0 Å². The van der Waals surface area contributed by atoms with Crippen LogP contribution in [0.1, 0.15) is 35.5 Å². The van der Waals surface area contributed by atoms with Gasteiger partial charge in [0.15, 0.2) is 0 Å². The molecule has 132 valence electrons. The van der Waals surface area contributed by atoms with E-state index in [-0.39, 0.29) is 5.41 Å². The van der Waals surface area contributed by atoms with Crippen LogP contribution < -0.4 is 0 Å². The van der Waals surface area contributed by atoms with Crippen LogP contribution >= 0.6 is 11.3 Å². The number of piperidine rings is 1. The number of carbonyl (C=O) groups is 1. The van der Waals surface area contributed by atoms with Crippen molar-refractivity contribution in [3.05, 3.63) is 46.2 Å². The fraction of sp³-hybridized carbons (Fsp3) is 0.526. The van der Waals surface area contributed by atoms with Gasteiger partial charge in [-0.05, 0) is 56.0 Å². The lowest BCUT2D eigenvalue weighted by atomic mass is 9.77. The summed E-state index contributed by atoms with van der Waals surface area (Å²) in [6.07, 6.45) is 6.52. The molecule has 0 bridgehead atoms. The van der Waals surface area contributed by atoms with Gasteiger partial charge in [0.25, 0.3) is 0 Å². The molecule has 0 saturated carbocycles. The third-order valence-electron chi connectivity index (χ3n) is 5.47. The summed E-state index contributed by atoms with van der Waals surface area (Å²) >= 11 is 1.75. The lowest BCUT2D eigenvalue weighted by Crippen LogP contribution is -2.41. The Morgan fingerprint density at radius 1 is 1.20 bits per heavy atom. The summed E-state index contributed by atoms with van der Waals surface area (Å²) in [7, 11) is 0. The molecule has 0 unspecified atom stereocenters. The average molecular weight is 356 g/mol. The van der Waals surface area contributed by atoms with E-state index >= 15 is 0 Å². The number of nitrogens with zero attached hydrogens (tertiary/aromatic N) is 4. The Kier molecular flexibility index (Phi) is 4.56. The highest BCUT2D eigenvalue weighted by Gasteiger charge is 2.44. The minimum Gasteiger partial charge on any atom is -0.338 e. The van der Waals surface area contributed by atoms with Crippen molar-refractivity contribution in [2.24, 2.45) is 5.41 Å². The summed E-state index contributed by atoms with van der Waals surface area (Å²) in [6, 6.07) is 3.99. The normalized spacial score (nSPS) is 20.5. The number of amides is 1. The van der Waals surface area contributed by atoms with Crippen LogP contribution in [-0.2, 0) is 17.9 Å². The number of aryl methyl sites for hydroxylation is 1. The lowest BCUT2D eigenvalue weighted by molar-refractivity contribution is -0.128. The molecule has 2 saturated heterocycles. The summed E-state index contributed by atoms with van der Waals surface area (Å²) in [4.78, 5) is 25.7. The smallest absolute Gasteiger partial charge is 0.223 e. The molecule has 4 rings (SSSR count). The highest BCUT2D eigenvalue weighted by Crippen LogP contribution is 2.41. The van der Waals surface area contributed by atoms with Gasteiger partial charge in [-0.2, -0.15) is 0 Å². The molecule has 2 aliphatic rings. The molecule has 1 spiro atoms. The molecule has 5 nitrogen and oxygen atoms in total. The summed E-state index contributed by atoms with van der Waals surface area (Å²) in [5, 5.41) is 3.32. The van der Waals surface area contributed by atoms with E-state index in [1.54, 1.807) is 23.7 Å². The Morgan fingerprint density at radius 2 is 1.96 bits per heavy atom. The number of thiazole rings is 1. The van der Waals surface area contributed by atoms with Gasteiger partial charge in [0, 0.05) is 43.0 Å². The maximum atomic E-state index is 12.5. The van der Waals surface area contributed by atoms with E-state index in [0.29, 0.717) is 18.9 Å². The topological polar surface area (TPSA) is 49.3 Å². The van der Waals surface area contributed by atoms with Gasteiger partial charge in [-0.15, -0.1) is 11.3 Å². The number of rotatable bonds is 4. The van der Waals surface area contributed by atoms with Crippen molar-refractivity contribution in [2.45, 2.75) is 39.3 Å². The number of aromatic nitrogens is 2. The van der Waals surface area contributed by atoms with Crippen LogP contribution in [0.3, 0.4) is 0 Å². The van der Waals surface area contributed by atoms with Crippen molar-refractivity contribution in [1.82, 2.24) is 19.8 Å². The highest BCUT2D eigenvalue weighted by molar-refractivity contribution is 7.09. The Morgan fingerprint density at radius 3 is 2.64 bits per heavy atom. The Bertz CT molecular complexity index is 737.